The van der Waals surface area contributed by atoms with Gasteiger partial charge in [0.2, 0.25) is 0 Å². The fourth-order valence-corrected chi connectivity index (χ4v) is 2.73. The standard InChI is InChI=1S/C14H17ClN4O2/c1-19-9-10(8-16-19)11-7-12(15)18-13(17-11)14(20-2)3-5-21-6-4-14/h7-9H,3-6H2,1-2H3. The van der Waals surface area contributed by atoms with E-state index in [0.717, 1.165) is 24.1 Å². The third-order valence-electron chi connectivity index (χ3n) is 3.79. The molecule has 0 aromatic carbocycles. The molecule has 1 saturated heterocycles. The number of aryl methyl sites for hydroxylation is 1. The maximum Gasteiger partial charge on any atom is 0.162 e. The molecule has 2 aromatic heterocycles. The van der Waals surface area contributed by atoms with Crippen LogP contribution in [0.4, 0.5) is 0 Å². The number of halogens is 1. The lowest BCUT2D eigenvalue weighted by molar-refractivity contribution is -0.0999. The van der Waals surface area contributed by atoms with Crippen molar-refractivity contribution in [2.24, 2.45) is 7.05 Å². The van der Waals surface area contributed by atoms with Gasteiger partial charge in [0.05, 0.1) is 11.9 Å². The minimum atomic E-state index is -0.528. The highest BCUT2D eigenvalue weighted by molar-refractivity contribution is 6.29. The van der Waals surface area contributed by atoms with Gasteiger partial charge < -0.3 is 9.47 Å². The molecule has 0 atom stereocenters. The highest BCUT2D eigenvalue weighted by Gasteiger charge is 2.38. The van der Waals surface area contributed by atoms with Gasteiger partial charge in [-0.05, 0) is 0 Å². The van der Waals surface area contributed by atoms with Crippen molar-refractivity contribution in [1.29, 1.82) is 0 Å². The summed E-state index contributed by atoms with van der Waals surface area (Å²) in [6.07, 6.45) is 5.09. The van der Waals surface area contributed by atoms with Gasteiger partial charge in [0, 0.05) is 58.0 Å². The van der Waals surface area contributed by atoms with E-state index in [4.69, 9.17) is 21.1 Å². The highest BCUT2D eigenvalue weighted by Crippen LogP contribution is 2.35. The Kier molecular flexibility index (Phi) is 3.93. The molecule has 7 heteroatoms. The molecule has 0 N–H and O–H groups in total. The van der Waals surface area contributed by atoms with Gasteiger partial charge in [0.15, 0.2) is 5.82 Å². The molecule has 21 heavy (non-hydrogen) atoms. The third-order valence-corrected chi connectivity index (χ3v) is 3.99. The van der Waals surface area contributed by atoms with Gasteiger partial charge in [-0.15, -0.1) is 0 Å². The van der Waals surface area contributed by atoms with Crippen molar-refractivity contribution >= 4 is 11.6 Å². The van der Waals surface area contributed by atoms with Gasteiger partial charge >= 0.3 is 0 Å². The van der Waals surface area contributed by atoms with E-state index in [0.29, 0.717) is 24.2 Å². The lowest BCUT2D eigenvalue weighted by atomic mass is 9.93. The molecule has 0 radical (unpaired) electrons. The van der Waals surface area contributed by atoms with Gasteiger partial charge in [0.1, 0.15) is 10.8 Å². The second-order valence-corrected chi connectivity index (χ2v) is 5.50. The SMILES string of the molecule is COC1(c2nc(Cl)cc(-c3cnn(C)c3)n2)CCOCC1. The number of hydrogen-bond acceptors (Lipinski definition) is 5. The Balaban J connectivity index is 2.04. The normalized spacial score (nSPS) is 17.9. The van der Waals surface area contributed by atoms with Crippen LogP contribution in [0.1, 0.15) is 18.7 Å². The van der Waals surface area contributed by atoms with Crippen LogP contribution in [0, 0.1) is 0 Å². The molecule has 0 spiro atoms. The summed E-state index contributed by atoms with van der Waals surface area (Å²) in [6, 6.07) is 1.74. The Hall–Kier alpha value is -1.50. The third kappa shape index (κ3) is 2.79. The average Bonchev–Trinajstić information content (AvgIpc) is 2.94. The predicted molar refractivity (Wildman–Crippen MR) is 78.0 cm³/mol. The molecule has 6 nitrogen and oxygen atoms in total. The van der Waals surface area contributed by atoms with Gasteiger partial charge in [-0.2, -0.15) is 5.10 Å². The van der Waals surface area contributed by atoms with E-state index in [-0.39, 0.29) is 0 Å². The molecule has 1 aliphatic heterocycles. The lowest BCUT2D eigenvalue weighted by Gasteiger charge is -2.34. The highest BCUT2D eigenvalue weighted by atomic mass is 35.5. The molecule has 1 aliphatic rings. The molecule has 2 aromatic rings. The molecule has 0 amide bonds. The molecule has 1 fully saturated rings. The maximum absolute atomic E-state index is 6.18. The van der Waals surface area contributed by atoms with E-state index < -0.39 is 5.60 Å². The first-order valence-electron chi connectivity index (χ1n) is 6.80. The summed E-state index contributed by atoms with van der Waals surface area (Å²) in [5, 5.41) is 4.57. The van der Waals surface area contributed by atoms with E-state index in [9.17, 15) is 0 Å². The van der Waals surface area contributed by atoms with Gasteiger partial charge in [-0.25, -0.2) is 9.97 Å². The van der Waals surface area contributed by atoms with Crippen LogP contribution in [0.2, 0.25) is 5.15 Å². The van der Waals surface area contributed by atoms with Crippen LogP contribution >= 0.6 is 11.6 Å². The molecule has 0 saturated carbocycles. The van der Waals surface area contributed by atoms with E-state index in [1.807, 2.05) is 13.2 Å². The summed E-state index contributed by atoms with van der Waals surface area (Å²) in [5.41, 5.74) is 1.13. The molecule has 3 rings (SSSR count). The van der Waals surface area contributed by atoms with Crippen molar-refractivity contribution in [3.05, 3.63) is 29.4 Å². The first-order valence-corrected chi connectivity index (χ1v) is 7.18. The molecule has 112 valence electrons. The van der Waals surface area contributed by atoms with Gasteiger partial charge in [0.25, 0.3) is 0 Å². The molecule has 0 unspecified atom stereocenters. The van der Waals surface area contributed by atoms with E-state index in [2.05, 4.69) is 15.1 Å². The number of ether oxygens (including phenoxy) is 2. The van der Waals surface area contributed by atoms with Crippen molar-refractivity contribution in [1.82, 2.24) is 19.7 Å². The van der Waals surface area contributed by atoms with Crippen molar-refractivity contribution in [2.75, 3.05) is 20.3 Å². The molecular weight excluding hydrogens is 292 g/mol. The minimum absolute atomic E-state index is 0.404. The van der Waals surface area contributed by atoms with Crippen molar-refractivity contribution in [2.45, 2.75) is 18.4 Å². The van der Waals surface area contributed by atoms with E-state index in [1.165, 1.54) is 0 Å². The average molecular weight is 309 g/mol. The topological polar surface area (TPSA) is 62.1 Å². The molecule has 0 bridgehead atoms. The van der Waals surface area contributed by atoms with E-state index in [1.54, 1.807) is 24.1 Å². The Bertz CT molecular complexity index is 638. The zero-order valence-corrected chi connectivity index (χ0v) is 12.8. The summed E-state index contributed by atoms with van der Waals surface area (Å²) in [4.78, 5) is 9.03. The number of rotatable bonds is 3. The van der Waals surface area contributed by atoms with Crippen LogP contribution in [-0.4, -0.2) is 40.1 Å². The lowest BCUT2D eigenvalue weighted by Crippen LogP contribution is -2.37. The summed E-state index contributed by atoms with van der Waals surface area (Å²) in [6.45, 7) is 1.26. The molecule has 3 heterocycles. The predicted octanol–water partition coefficient (Wildman–Crippen LogP) is 2.18. The Labute approximate surface area is 128 Å². The smallest absolute Gasteiger partial charge is 0.162 e. The summed E-state index contributed by atoms with van der Waals surface area (Å²) >= 11 is 6.18. The van der Waals surface area contributed by atoms with Crippen molar-refractivity contribution < 1.29 is 9.47 Å². The largest absolute Gasteiger partial charge is 0.381 e. The first kappa shape index (κ1) is 14.4. The molecular formula is C14H17ClN4O2. The number of aromatic nitrogens is 4. The molecule has 0 aliphatic carbocycles. The van der Waals surface area contributed by atoms with E-state index >= 15 is 0 Å². The van der Waals surface area contributed by atoms with Crippen molar-refractivity contribution in [3.63, 3.8) is 0 Å². The van der Waals surface area contributed by atoms with Gasteiger partial charge in [-0.1, -0.05) is 11.6 Å². The number of hydrogen-bond donors (Lipinski definition) is 0. The summed E-state index contributed by atoms with van der Waals surface area (Å²) in [7, 11) is 3.54. The number of nitrogens with zero attached hydrogens (tertiary/aromatic N) is 4. The summed E-state index contributed by atoms with van der Waals surface area (Å²) < 4.78 is 12.9. The van der Waals surface area contributed by atoms with Crippen LogP contribution in [0.5, 0.6) is 0 Å². The Morgan fingerprint density at radius 2 is 2.10 bits per heavy atom. The first-order chi connectivity index (χ1) is 10.1. The van der Waals surface area contributed by atoms with Gasteiger partial charge in [-0.3, -0.25) is 4.68 Å². The van der Waals surface area contributed by atoms with Crippen LogP contribution < -0.4 is 0 Å². The second-order valence-electron chi connectivity index (χ2n) is 5.11. The minimum Gasteiger partial charge on any atom is -0.381 e. The summed E-state index contributed by atoms with van der Waals surface area (Å²) in [5.74, 6) is 0.611. The zero-order valence-electron chi connectivity index (χ0n) is 12.0. The van der Waals surface area contributed by atoms with Crippen LogP contribution in [0.25, 0.3) is 11.3 Å². The monoisotopic (exact) mass is 308 g/mol. The van der Waals surface area contributed by atoms with Crippen LogP contribution in [0.15, 0.2) is 18.5 Å². The second kappa shape index (κ2) is 5.71. The maximum atomic E-state index is 6.18. The fraction of sp³-hybridized carbons (Fsp3) is 0.500. The Morgan fingerprint density at radius 1 is 1.33 bits per heavy atom. The number of methoxy groups -OCH3 is 1. The zero-order chi connectivity index (χ0) is 14.9. The Morgan fingerprint density at radius 3 is 2.71 bits per heavy atom. The van der Waals surface area contributed by atoms with Crippen molar-refractivity contribution in [3.8, 4) is 11.3 Å². The van der Waals surface area contributed by atoms with Crippen LogP contribution in [0.3, 0.4) is 0 Å². The quantitative estimate of drug-likeness (QED) is 0.813. The fourth-order valence-electron chi connectivity index (χ4n) is 2.54. The van der Waals surface area contributed by atoms with Crippen LogP contribution in [-0.2, 0) is 22.1 Å².